The lowest BCUT2D eigenvalue weighted by molar-refractivity contribution is 0.406. The van der Waals surface area contributed by atoms with Crippen LogP contribution in [0.3, 0.4) is 0 Å². The van der Waals surface area contributed by atoms with Crippen LogP contribution in [0.2, 0.25) is 0 Å². The Morgan fingerprint density at radius 3 is 2.56 bits per heavy atom. The zero-order valence-corrected chi connectivity index (χ0v) is 12.5. The molecule has 1 heterocycles. The predicted octanol–water partition coefficient (Wildman–Crippen LogP) is 4.01. The average molecular weight is 308 g/mol. The lowest BCUT2D eigenvalue weighted by Crippen LogP contribution is -2.10. The summed E-state index contributed by atoms with van der Waals surface area (Å²) < 4.78 is 1.04. The summed E-state index contributed by atoms with van der Waals surface area (Å²) >= 11 is 3.57. The normalized spacial score (nSPS) is 11.8. The zero-order valence-electron chi connectivity index (χ0n) is 10.9. The van der Waals surface area contributed by atoms with Crippen molar-refractivity contribution in [2.24, 2.45) is 5.41 Å². The minimum Gasteiger partial charge on any atom is -0.382 e. The van der Waals surface area contributed by atoms with Crippen LogP contribution >= 0.6 is 15.9 Å². The van der Waals surface area contributed by atoms with E-state index in [2.05, 4.69) is 53.0 Å². The molecule has 0 aliphatic rings. The van der Waals surface area contributed by atoms with Gasteiger partial charge in [-0.25, -0.2) is 0 Å². The molecule has 0 unspecified atom stereocenters. The molecule has 0 saturated carbocycles. The maximum absolute atomic E-state index is 6.00. The summed E-state index contributed by atoms with van der Waals surface area (Å²) in [6, 6.07) is 8.07. The largest absolute Gasteiger partial charge is 0.382 e. The van der Waals surface area contributed by atoms with Gasteiger partial charge in [-0.2, -0.15) is 5.10 Å². The molecule has 4 heteroatoms. The highest BCUT2D eigenvalue weighted by Gasteiger charge is 2.20. The van der Waals surface area contributed by atoms with Crippen molar-refractivity contribution in [3.63, 3.8) is 0 Å². The van der Waals surface area contributed by atoms with Crippen LogP contribution in [0.1, 0.15) is 26.5 Å². The number of nitrogens with two attached hydrogens (primary N) is 1. The molecule has 0 amide bonds. The minimum absolute atomic E-state index is 0.189. The van der Waals surface area contributed by atoms with E-state index in [1.807, 2.05) is 18.2 Å². The van der Waals surface area contributed by atoms with Gasteiger partial charge in [0.1, 0.15) is 0 Å². The molecule has 0 atom stereocenters. The van der Waals surface area contributed by atoms with Crippen LogP contribution in [0, 0.1) is 5.41 Å². The van der Waals surface area contributed by atoms with E-state index in [0.29, 0.717) is 5.82 Å². The Kier molecular flexibility index (Phi) is 3.48. The molecular formula is C14H18BrN3. The molecular weight excluding hydrogens is 290 g/mol. The lowest BCUT2D eigenvalue weighted by Gasteiger charge is -2.18. The Balaban J connectivity index is 2.51. The molecule has 3 N–H and O–H groups in total. The summed E-state index contributed by atoms with van der Waals surface area (Å²) in [7, 11) is 0. The van der Waals surface area contributed by atoms with Gasteiger partial charge >= 0.3 is 0 Å². The molecule has 1 aromatic heterocycles. The van der Waals surface area contributed by atoms with Gasteiger partial charge in [-0.05, 0) is 17.9 Å². The first-order chi connectivity index (χ1) is 8.38. The number of anilines is 1. The molecule has 0 aliphatic carbocycles. The van der Waals surface area contributed by atoms with Crippen LogP contribution in [0.5, 0.6) is 0 Å². The first kappa shape index (κ1) is 13.1. The van der Waals surface area contributed by atoms with E-state index in [1.54, 1.807) is 0 Å². The molecule has 1 aromatic carbocycles. The smallest absolute Gasteiger partial charge is 0.153 e. The second-order valence-electron chi connectivity index (χ2n) is 5.68. The number of rotatable bonds is 2. The van der Waals surface area contributed by atoms with Gasteiger partial charge in [0, 0.05) is 21.3 Å². The molecule has 0 fully saturated rings. The van der Waals surface area contributed by atoms with Crippen molar-refractivity contribution in [2.75, 3.05) is 5.73 Å². The Morgan fingerprint density at radius 1 is 1.28 bits per heavy atom. The van der Waals surface area contributed by atoms with Crippen LogP contribution in [-0.2, 0) is 6.42 Å². The Hall–Kier alpha value is -1.29. The van der Waals surface area contributed by atoms with E-state index in [4.69, 9.17) is 5.73 Å². The maximum Gasteiger partial charge on any atom is 0.153 e. The molecule has 18 heavy (non-hydrogen) atoms. The van der Waals surface area contributed by atoms with Crippen molar-refractivity contribution in [3.05, 3.63) is 34.4 Å². The molecule has 2 aromatic rings. The van der Waals surface area contributed by atoms with E-state index in [-0.39, 0.29) is 5.41 Å². The summed E-state index contributed by atoms with van der Waals surface area (Å²) in [6.07, 6.45) is 0.911. The summed E-state index contributed by atoms with van der Waals surface area (Å²) in [4.78, 5) is 0. The van der Waals surface area contributed by atoms with Crippen LogP contribution in [0.25, 0.3) is 11.1 Å². The van der Waals surface area contributed by atoms with Crippen molar-refractivity contribution in [3.8, 4) is 11.1 Å². The zero-order chi connectivity index (χ0) is 13.3. The number of aromatic nitrogens is 2. The third-order valence-corrected chi connectivity index (χ3v) is 3.41. The molecule has 0 spiro atoms. The quantitative estimate of drug-likeness (QED) is 0.880. The van der Waals surface area contributed by atoms with E-state index in [0.717, 1.165) is 27.7 Å². The monoisotopic (exact) mass is 307 g/mol. The first-order valence-electron chi connectivity index (χ1n) is 5.96. The highest BCUT2D eigenvalue weighted by molar-refractivity contribution is 9.10. The number of nitrogen functional groups attached to an aromatic ring is 1. The Labute approximate surface area is 116 Å². The summed E-state index contributed by atoms with van der Waals surface area (Å²) in [5.41, 5.74) is 9.37. The molecule has 96 valence electrons. The fourth-order valence-corrected chi connectivity index (χ4v) is 2.50. The number of H-pyrrole nitrogens is 1. The first-order valence-corrected chi connectivity index (χ1v) is 6.75. The number of hydrogen-bond acceptors (Lipinski definition) is 2. The number of aromatic amines is 1. The maximum atomic E-state index is 6.00. The molecule has 0 aliphatic heterocycles. The SMILES string of the molecule is CC(C)(C)Cc1[nH]nc(N)c1-c1ccccc1Br. The second kappa shape index (κ2) is 4.76. The van der Waals surface area contributed by atoms with Gasteiger partial charge in [-0.1, -0.05) is 54.9 Å². The summed E-state index contributed by atoms with van der Waals surface area (Å²) in [5.74, 6) is 0.557. The number of benzene rings is 1. The number of nitrogens with one attached hydrogen (secondary N) is 1. The third-order valence-electron chi connectivity index (χ3n) is 2.72. The molecule has 0 saturated heterocycles. The fourth-order valence-electron chi connectivity index (χ4n) is 2.02. The minimum atomic E-state index is 0.189. The van der Waals surface area contributed by atoms with Crippen molar-refractivity contribution in [1.29, 1.82) is 0 Å². The number of nitrogens with zero attached hydrogens (tertiary/aromatic N) is 1. The standard InChI is InChI=1S/C14H18BrN3/c1-14(2,3)8-11-12(13(16)18-17-11)9-6-4-5-7-10(9)15/h4-7H,8H2,1-3H3,(H3,16,17,18). The van der Waals surface area contributed by atoms with Gasteiger partial charge in [0.25, 0.3) is 0 Å². The van der Waals surface area contributed by atoms with Gasteiger partial charge < -0.3 is 5.73 Å². The van der Waals surface area contributed by atoms with E-state index in [1.165, 1.54) is 0 Å². The fraction of sp³-hybridized carbons (Fsp3) is 0.357. The van der Waals surface area contributed by atoms with Gasteiger partial charge in [0.2, 0.25) is 0 Å². The van der Waals surface area contributed by atoms with Crippen LogP contribution in [0.4, 0.5) is 5.82 Å². The third kappa shape index (κ3) is 2.75. The summed E-state index contributed by atoms with van der Waals surface area (Å²) in [5, 5.41) is 7.21. The van der Waals surface area contributed by atoms with Crippen LogP contribution in [0.15, 0.2) is 28.7 Å². The topological polar surface area (TPSA) is 54.7 Å². The number of hydrogen-bond donors (Lipinski definition) is 2. The van der Waals surface area contributed by atoms with Gasteiger partial charge in [-0.15, -0.1) is 0 Å². The van der Waals surface area contributed by atoms with Crippen molar-refractivity contribution < 1.29 is 0 Å². The number of halogens is 1. The highest BCUT2D eigenvalue weighted by atomic mass is 79.9. The average Bonchev–Trinajstić information content (AvgIpc) is 2.59. The van der Waals surface area contributed by atoms with E-state index >= 15 is 0 Å². The van der Waals surface area contributed by atoms with E-state index < -0.39 is 0 Å². The van der Waals surface area contributed by atoms with Crippen LogP contribution in [-0.4, -0.2) is 10.2 Å². The van der Waals surface area contributed by atoms with Crippen LogP contribution < -0.4 is 5.73 Å². The predicted molar refractivity (Wildman–Crippen MR) is 79.3 cm³/mol. The van der Waals surface area contributed by atoms with Gasteiger partial charge in [-0.3, -0.25) is 5.10 Å². The molecule has 2 rings (SSSR count). The molecule has 0 bridgehead atoms. The molecule has 0 radical (unpaired) electrons. The van der Waals surface area contributed by atoms with Gasteiger partial charge in [0.05, 0.1) is 0 Å². The van der Waals surface area contributed by atoms with Gasteiger partial charge in [0.15, 0.2) is 5.82 Å². The lowest BCUT2D eigenvalue weighted by atomic mass is 9.88. The Bertz CT molecular complexity index is 552. The summed E-state index contributed by atoms with van der Waals surface area (Å²) in [6.45, 7) is 6.61. The van der Waals surface area contributed by atoms with Crippen molar-refractivity contribution >= 4 is 21.7 Å². The van der Waals surface area contributed by atoms with Crippen molar-refractivity contribution in [1.82, 2.24) is 10.2 Å². The van der Waals surface area contributed by atoms with Crippen molar-refractivity contribution in [2.45, 2.75) is 27.2 Å². The second-order valence-corrected chi connectivity index (χ2v) is 6.53. The molecule has 3 nitrogen and oxygen atoms in total. The van der Waals surface area contributed by atoms with E-state index in [9.17, 15) is 0 Å². The highest BCUT2D eigenvalue weighted by Crippen LogP contribution is 2.36. The Morgan fingerprint density at radius 2 is 1.94 bits per heavy atom.